The summed E-state index contributed by atoms with van der Waals surface area (Å²) in [5, 5.41) is 3.37. The van der Waals surface area contributed by atoms with Crippen LogP contribution in [0.1, 0.15) is 17.5 Å². The lowest BCUT2D eigenvalue weighted by Crippen LogP contribution is -2.38. The third-order valence-electron chi connectivity index (χ3n) is 4.61. The predicted octanol–water partition coefficient (Wildman–Crippen LogP) is 2.91. The van der Waals surface area contributed by atoms with E-state index in [0.717, 1.165) is 34.7 Å². The molecule has 1 heterocycles. The van der Waals surface area contributed by atoms with Crippen LogP contribution >= 0.6 is 0 Å². The lowest BCUT2D eigenvalue weighted by Gasteiger charge is -2.20. The van der Waals surface area contributed by atoms with Crippen LogP contribution in [0.5, 0.6) is 11.5 Å². The van der Waals surface area contributed by atoms with E-state index < -0.39 is 0 Å². The van der Waals surface area contributed by atoms with Crippen LogP contribution in [0.25, 0.3) is 0 Å². The van der Waals surface area contributed by atoms with Gasteiger partial charge >= 0.3 is 0 Å². The monoisotopic (exact) mass is 340 g/mol. The summed E-state index contributed by atoms with van der Waals surface area (Å²) in [6.07, 6.45) is 0.778. The van der Waals surface area contributed by atoms with E-state index in [-0.39, 0.29) is 11.9 Å². The maximum atomic E-state index is 12.8. The Balaban J connectivity index is 1.66. The number of carbonyl (C=O) groups excluding carboxylic acids is 1. The number of carbonyl (C=O) groups is 1. The molecule has 1 aliphatic rings. The van der Waals surface area contributed by atoms with Crippen molar-refractivity contribution in [3.63, 3.8) is 0 Å². The molecule has 0 aromatic heterocycles. The van der Waals surface area contributed by atoms with Gasteiger partial charge in [-0.25, -0.2) is 0 Å². The highest BCUT2D eigenvalue weighted by atomic mass is 16.5. The second-order valence-electron chi connectivity index (χ2n) is 6.19. The maximum absolute atomic E-state index is 12.8. The zero-order valence-corrected chi connectivity index (χ0v) is 14.9. The van der Waals surface area contributed by atoms with Gasteiger partial charge in [-0.2, -0.15) is 0 Å². The molecule has 25 heavy (non-hydrogen) atoms. The van der Waals surface area contributed by atoms with Gasteiger partial charge in [0.15, 0.2) is 0 Å². The predicted molar refractivity (Wildman–Crippen MR) is 98.3 cm³/mol. The summed E-state index contributed by atoms with van der Waals surface area (Å²) in [7, 11) is 3.30. The smallest absolute Gasteiger partial charge is 0.244 e. The molecule has 1 atom stereocenters. The highest BCUT2D eigenvalue weighted by Gasteiger charge is 2.33. The summed E-state index contributed by atoms with van der Waals surface area (Å²) in [5.74, 6) is 1.68. The molecule has 2 aromatic carbocycles. The van der Waals surface area contributed by atoms with Crippen LogP contribution in [-0.4, -0.2) is 32.7 Å². The number of aryl methyl sites for hydroxylation is 1. The topological polar surface area (TPSA) is 50.8 Å². The molecular formula is C20H24N2O3. The van der Waals surface area contributed by atoms with Gasteiger partial charge in [0, 0.05) is 13.1 Å². The van der Waals surface area contributed by atoms with Crippen molar-refractivity contribution in [3.8, 4) is 11.5 Å². The zero-order valence-electron chi connectivity index (χ0n) is 14.9. The molecule has 5 nitrogen and oxygen atoms in total. The Morgan fingerprint density at radius 1 is 1.12 bits per heavy atom. The SMILES string of the molecule is COc1cc(CNC2CCN(c3ccccc3OC)C2=O)ccc1C. The lowest BCUT2D eigenvalue weighted by atomic mass is 10.1. The molecule has 1 unspecified atom stereocenters. The van der Waals surface area contributed by atoms with Crippen molar-refractivity contribution in [2.24, 2.45) is 0 Å². The number of nitrogens with zero attached hydrogens (tertiary/aromatic N) is 1. The summed E-state index contributed by atoms with van der Waals surface area (Å²) in [5.41, 5.74) is 3.04. The molecule has 0 bridgehead atoms. The summed E-state index contributed by atoms with van der Waals surface area (Å²) in [6, 6.07) is 13.5. The van der Waals surface area contributed by atoms with Crippen LogP contribution in [0.2, 0.25) is 0 Å². The third kappa shape index (κ3) is 3.61. The van der Waals surface area contributed by atoms with Gasteiger partial charge in [-0.3, -0.25) is 4.79 Å². The summed E-state index contributed by atoms with van der Waals surface area (Å²) < 4.78 is 10.7. The molecule has 132 valence electrons. The van der Waals surface area contributed by atoms with Gasteiger partial charge in [0.2, 0.25) is 5.91 Å². The Morgan fingerprint density at radius 3 is 2.64 bits per heavy atom. The Bertz CT molecular complexity index is 760. The van der Waals surface area contributed by atoms with Gasteiger partial charge in [-0.05, 0) is 42.7 Å². The largest absolute Gasteiger partial charge is 0.496 e. The zero-order chi connectivity index (χ0) is 17.8. The van der Waals surface area contributed by atoms with Crippen LogP contribution in [0.15, 0.2) is 42.5 Å². The number of rotatable bonds is 6. The Kier molecular flexibility index (Phi) is 5.24. The van der Waals surface area contributed by atoms with Gasteiger partial charge in [-0.1, -0.05) is 24.3 Å². The fraction of sp³-hybridized carbons (Fsp3) is 0.350. The molecule has 0 radical (unpaired) electrons. The van der Waals surface area contributed by atoms with Gasteiger partial charge in [-0.15, -0.1) is 0 Å². The number of ether oxygens (including phenoxy) is 2. The molecule has 2 aromatic rings. The Hall–Kier alpha value is -2.53. The molecule has 0 saturated carbocycles. The first-order chi connectivity index (χ1) is 12.1. The highest BCUT2D eigenvalue weighted by Crippen LogP contribution is 2.31. The van der Waals surface area contributed by atoms with Crippen LogP contribution in [0.4, 0.5) is 5.69 Å². The van der Waals surface area contributed by atoms with E-state index in [1.807, 2.05) is 43.3 Å². The highest BCUT2D eigenvalue weighted by molar-refractivity contribution is 6.00. The second kappa shape index (κ2) is 7.57. The van der Waals surface area contributed by atoms with E-state index in [9.17, 15) is 4.79 Å². The van der Waals surface area contributed by atoms with Crippen molar-refractivity contribution < 1.29 is 14.3 Å². The lowest BCUT2D eigenvalue weighted by molar-refractivity contribution is -0.118. The normalized spacial score (nSPS) is 17.0. The molecule has 1 saturated heterocycles. The summed E-state index contributed by atoms with van der Waals surface area (Å²) in [6.45, 7) is 3.34. The standard InChI is InChI=1S/C20H24N2O3/c1-14-8-9-15(12-19(14)25-3)13-21-16-10-11-22(20(16)23)17-6-4-5-7-18(17)24-2/h4-9,12,16,21H,10-11,13H2,1-3H3. The van der Waals surface area contributed by atoms with E-state index >= 15 is 0 Å². The number of anilines is 1. The van der Waals surface area contributed by atoms with E-state index in [1.165, 1.54) is 0 Å². The van der Waals surface area contributed by atoms with Gasteiger partial charge < -0.3 is 19.7 Å². The first-order valence-electron chi connectivity index (χ1n) is 8.45. The number of nitrogens with one attached hydrogen (secondary N) is 1. The van der Waals surface area contributed by atoms with Crippen molar-refractivity contribution in [3.05, 3.63) is 53.6 Å². The average molecular weight is 340 g/mol. The van der Waals surface area contributed by atoms with Crippen LogP contribution in [-0.2, 0) is 11.3 Å². The van der Waals surface area contributed by atoms with Gasteiger partial charge in [0.1, 0.15) is 11.5 Å². The number of amides is 1. The average Bonchev–Trinajstić information content (AvgIpc) is 3.01. The van der Waals surface area contributed by atoms with Crippen molar-refractivity contribution in [1.82, 2.24) is 5.32 Å². The number of methoxy groups -OCH3 is 2. The fourth-order valence-electron chi connectivity index (χ4n) is 3.18. The molecule has 3 rings (SSSR count). The Morgan fingerprint density at radius 2 is 1.88 bits per heavy atom. The molecular weight excluding hydrogens is 316 g/mol. The molecule has 1 aliphatic heterocycles. The van der Waals surface area contributed by atoms with E-state index in [4.69, 9.17) is 9.47 Å². The van der Waals surface area contributed by atoms with Crippen LogP contribution in [0, 0.1) is 6.92 Å². The number of para-hydroxylation sites is 2. The minimum atomic E-state index is -0.183. The number of benzene rings is 2. The third-order valence-corrected chi connectivity index (χ3v) is 4.61. The van der Waals surface area contributed by atoms with Crippen molar-refractivity contribution in [2.45, 2.75) is 25.9 Å². The van der Waals surface area contributed by atoms with Crippen LogP contribution in [0.3, 0.4) is 0 Å². The minimum Gasteiger partial charge on any atom is -0.496 e. The van der Waals surface area contributed by atoms with Gasteiger partial charge in [0.25, 0.3) is 0 Å². The number of hydrogen-bond donors (Lipinski definition) is 1. The van der Waals surface area contributed by atoms with E-state index in [1.54, 1.807) is 19.1 Å². The number of hydrogen-bond acceptors (Lipinski definition) is 4. The first-order valence-corrected chi connectivity index (χ1v) is 8.45. The van der Waals surface area contributed by atoms with Crippen molar-refractivity contribution >= 4 is 11.6 Å². The molecule has 0 spiro atoms. The molecule has 5 heteroatoms. The molecule has 1 N–H and O–H groups in total. The second-order valence-corrected chi connectivity index (χ2v) is 6.19. The van der Waals surface area contributed by atoms with Crippen molar-refractivity contribution in [1.29, 1.82) is 0 Å². The molecule has 1 fully saturated rings. The van der Waals surface area contributed by atoms with E-state index in [2.05, 4.69) is 11.4 Å². The fourth-order valence-corrected chi connectivity index (χ4v) is 3.18. The maximum Gasteiger partial charge on any atom is 0.244 e. The minimum absolute atomic E-state index is 0.0866. The quantitative estimate of drug-likeness (QED) is 0.878. The van der Waals surface area contributed by atoms with Crippen LogP contribution < -0.4 is 19.7 Å². The summed E-state index contributed by atoms with van der Waals surface area (Å²) in [4.78, 5) is 14.6. The molecule has 1 amide bonds. The molecule has 0 aliphatic carbocycles. The first kappa shape index (κ1) is 17.3. The van der Waals surface area contributed by atoms with E-state index in [0.29, 0.717) is 13.1 Å². The van der Waals surface area contributed by atoms with Gasteiger partial charge in [0.05, 0.1) is 25.9 Å². The van der Waals surface area contributed by atoms with Crippen molar-refractivity contribution in [2.75, 3.05) is 25.7 Å². The summed E-state index contributed by atoms with van der Waals surface area (Å²) >= 11 is 0. The Labute approximate surface area is 148 Å².